The Hall–Kier alpha value is -1.78. The van der Waals surface area contributed by atoms with Gasteiger partial charge < -0.3 is 10.5 Å². The van der Waals surface area contributed by atoms with Crippen LogP contribution >= 0.6 is 0 Å². The molecule has 2 N–H and O–H groups in total. The van der Waals surface area contributed by atoms with Gasteiger partial charge in [-0.1, -0.05) is 13.3 Å². The van der Waals surface area contributed by atoms with Crippen molar-refractivity contribution in [1.29, 1.82) is 0 Å². The summed E-state index contributed by atoms with van der Waals surface area (Å²) in [7, 11) is 1.42. The molecule has 0 spiro atoms. The zero-order valence-electron chi connectivity index (χ0n) is 9.53. The number of nitro benzene ring substituents is 1. The molecule has 0 aliphatic heterocycles. The third-order valence-corrected chi connectivity index (χ3v) is 2.44. The molecule has 5 nitrogen and oxygen atoms in total. The molecular weight excluding hydrogens is 208 g/mol. The number of nitrogen functional groups attached to an aromatic ring is 1. The van der Waals surface area contributed by atoms with Crippen molar-refractivity contribution < 1.29 is 9.66 Å². The number of nitro groups is 1. The van der Waals surface area contributed by atoms with Gasteiger partial charge in [0, 0.05) is 11.8 Å². The van der Waals surface area contributed by atoms with E-state index in [-0.39, 0.29) is 11.4 Å². The Bertz CT molecular complexity index is 391. The number of anilines is 1. The molecule has 16 heavy (non-hydrogen) atoms. The van der Waals surface area contributed by atoms with Gasteiger partial charge in [-0.05, 0) is 24.5 Å². The molecule has 0 heterocycles. The van der Waals surface area contributed by atoms with Crippen molar-refractivity contribution in [3.05, 3.63) is 27.8 Å². The van der Waals surface area contributed by atoms with Gasteiger partial charge in [0.25, 0.3) is 0 Å². The van der Waals surface area contributed by atoms with Crippen LogP contribution in [0.3, 0.4) is 0 Å². The van der Waals surface area contributed by atoms with Gasteiger partial charge in [-0.25, -0.2) is 0 Å². The first kappa shape index (κ1) is 12.3. The van der Waals surface area contributed by atoms with Gasteiger partial charge in [0.15, 0.2) is 5.75 Å². The Morgan fingerprint density at radius 1 is 1.50 bits per heavy atom. The zero-order valence-corrected chi connectivity index (χ0v) is 9.53. The lowest BCUT2D eigenvalue weighted by molar-refractivity contribution is -0.385. The molecule has 0 fully saturated rings. The highest BCUT2D eigenvalue weighted by atomic mass is 16.6. The van der Waals surface area contributed by atoms with Crippen LogP contribution in [0.5, 0.6) is 5.75 Å². The van der Waals surface area contributed by atoms with Crippen LogP contribution in [0.25, 0.3) is 0 Å². The number of benzene rings is 1. The highest BCUT2D eigenvalue weighted by molar-refractivity contribution is 5.61. The van der Waals surface area contributed by atoms with Crippen molar-refractivity contribution in [3.8, 4) is 5.75 Å². The molecule has 0 amide bonds. The predicted molar refractivity (Wildman–Crippen MR) is 62.7 cm³/mol. The lowest BCUT2D eigenvalue weighted by Gasteiger charge is -2.08. The summed E-state index contributed by atoms with van der Waals surface area (Å²) in [6.45, 7) is 2.08. The number of nitrogens with two attached hydrogens (primary N) is 1. The third-order valence-electron chi connectivity index (χ3n) is 2.44. The SMILES string of the molecule is CCCCc1cc(OC)c([N+](=O)[O-])cc1N. The van der Waals surface area contributed by atoms with Gasteiger partial charge in [0.1, 0.15) is 0 Å². The van der Waals surface area contributed by atoms with E-state index < -0.39 is 4.92 Å². The fourth-order valence-electron chi connectivity index (χ4n) is 1.52. The molecule has 0 saturated heterocycles. The van der Waals surface area contributed by atoms with E-state index in [4.69, 9.17) is 10.5 Å². The molecule has 0 aromatic heterocycles. The van der Waals surface area contributed by atoms with Crippen molar-refractivity contribution in [2.75, 3.05) is 12.8 Å². The van der Waals surface area contributed by atoms with Gasteiger partial charge in [-0.15, -0.1) is 0 Å². The molecule has 88 valence electrons. The lowest BCUT2D eigenvalue weighted by Crippen LogP contribution is -2.00. The molecule has 0 atom stereocenters. The van der Waals surface area contributed by atoms with Crippen LogP contribution in [0.2, 0.25) is 0 Å². The standard InChI is InChI=1S/C11H16N2O3/c1-3-4-5-8-6-11(16-2)10(13(14)15)7-9(8)12/h6-7H,3-5,12H2,1-2H3. The number of rotatable bonds is 5. The van der Waals surface area contributed by atoms with E-state index >= 15 is 0 Å². The highest BCUT2D eigenvalue weighted by Gasteiger charge is 2.17. The first-order valence-corrected chi connectivity index (χ1v) is 5.21. The molecule has 0 saturated carbocycles. The van der Waals surface area contributed by atoms with Crippen molar-refractivity contribution in [2.24, 2.45) is 0 Å². The largest absolute Gasteiger partial charge is 0.490 e. The van der Waals surface area contributed by atoms with E-state index in [2.05, 4.69) is 6.92 Å². The Morgan fingerprint density at radius 3 is 2.69 bits per heavy atom. The number of nitrogens with zero attached hydrogens (tertiary/aromatic N) is 1. The minimum absolute atomic E-state index is 0.0831. The molecule has 1 aromatic rings. The Labute approximate surface area is 94.4 Å². The Balaban J connectivity index is 3.10. The second-order valence-corrected chi connectivity index (χ2v) is 3.58. The van der Waals surface area contributed by atoms with Crippen LogP contribution in [0.15, 0.2) is 12.1 Å². The topological polar surface area (TPSA) is 78.4 Å². The monoisotopic (exact) mass is 224 g/mol. The molecule has 0 unspecified atom stereocenters. The van der Waals surface area contributed by atoms with Crippen LogP contribution in [-0.4, -0.2) is 12.0 Å². The number of ether oxygens (including phenoxy) is 1. The summed E-state index contributed by atoms with van der Waals surface area (Å²) in [6, 6.07) is 3.02. The Kier molecular flexibility index (Phi) is 4.10. The fraction of sp³-hybridized carbons (Fsp3) is 0.455. The van der Waals surface area contributed by atoms with E-state index in [1.807, 2.05) is 0 Å². The molecule has 0 radical (unpaired) electrons. The molecule has 0 aliphatic rings. The van der Waals surface area contributed by atoms with Gasteiger partial charge in [0.05, 0.1) is 12.0 Å². The lowest BCUT2D eigenvalue weighted by atomic mass is 10.1. The first-order valence-electron chi connectivity index (χ1n) is 5.21. The third kappa shape index (κ3) is 2.62. The Morgan fingerprint density at radius 2 is 2.19 bits per heavy atom. The van der Waals surface area contributed by atoms with Crippen LogP contribution < -0.4 is 10.5 Å². The van der Waals surface area contributed by atoms with Crippen LogP contribution in [0.1, 0.15) is 25.3 Å². The normalized spacial score (nSPS) is 10.1. The van der Waals surface area contributed by atoms with Crippen LogP contribution in [-0.2, 0) is 6.42 Å². The minimum atomic E-state index is -0.487. The quantitative estimate of drug-likeness (QED) is 0.473. The number of hydrogen-bond donors (Lipinski definition) is 1. The molecule has 1 rings (SSSR count). The fourth-order valence-corrected chi connectivity index (χ4v) is 1.52. The van der Waals surface area contributed by atoms with Gasteiger partial charge >= 0.3 is 5.69 Å². The molecule has 1 aromatic carbocycles. The zero-order chi connectivity index (χ0) is 12.1. The van der Waals surface area contributed by atoms with Crippen molar-refractivity contribution in [3.63, 3.8) is 0 Å². The summed E-state index contributed by atoms with van der Waals surface area (Å²) in [6.07, 6.45) is 2.88. The maximum Gasteiger partial charge on any atom is 0.312 e. The van der Waals surface area contributed by atoms with E-state index in [1.54, 1.807) is 6.07 Å². The number of unbranched alkanes of at least 4 members (excludes halogenated alkanes) is 1. The summed E-state index contributed by atoms with van der Waals surface area (Å²) in [5, 5.41) is 10.7. The van der Waals surface area contributed by atoms with Gasteiger partial charge in [-0.3, -0.25) is 10.1 Å². The van der Waals surface area contributed by atoms with E-state index in [0.29, 0.717) is 5.69 Å². The summed E-state index contributed by atoms with van der Waals surface area (Å²) in [5.41, 5.74) is 7.05. The highest BCUT2D eigenvalue weighted by Crippen LogP contribution is 2.32. The maximum absolute atomic E-state index is 10.7. The van der Waals surface area contributed by atoms with Gasteiger partial charge in [0.2, 0.25) is 0 Å². The second-order valence-electron chi connectivity index (χ2n) is 3.58. The summed E-state index contributed by atoms with van der Waals surface area (Å²) in [5.74, 6) is 0.269. The molecule has 5 heteroatoms. The van der Waals surface area contributed by atoms with Crippen LogP contribution in [0, 0.1) is 10.1 Å². The molecule has 0 aliphatic carbocycles. The van der Waals surface area contributed by atoms with Gasteiger partial charge in [-0.2, -0.15) is 0 Å². The predicted octanol–water partition coefficient (Wildman–Crippen LogP) is 2.53. The number of aryl methyl sites for hydroxylation is 1. The summed E-state index contributed by atoms with van der Waals surface area (Å²) < 4.78 is 4.99. The summed E-state index contributed by atoms with van der Waals surface area (Å²) >= 11 is 0. The van der Waals surface area contributed by atoms with Crippen molar-refractivity contribution in [2.45, 2.75) is 26.2 Å². The average Bonchev–Trinajstić information content (AvgIpc) is 2.26. The van der Waals surface area contributed by atoms with Crippen molar-refractivity contribution >= 4 is 11.4 Å². The second kappa shape index (κ2) is 5.34. The first-order chi connectivity index (χ1) is 7.60. The van der Waals surface area contributed by atoms with Crippen LogP contribution in [0.4, 0.5) is 11.4 Å². The number of methoxy groups -OCH3 is 1. The summed E-state index contributed by atoms with van der Waals surface area (Å²) in [4.78, 5) is 10.2. The molecular formula is C11H16N2O3. The number of hydrogen-bond acceptors (Lipinski definition) is 4. The van der Waals surface area contributed by atoms with Crippen molar-refractivity contribution in [1.82, 2.24) is 0 Å². The van der Waals surface area contributed by atoms with E-state index in [0.717, 1.165) is 24.8 Å². The minimum Gasteiger partial charge on any atom is -0.490 e. The molecule has 0 bridgehead atoms. The van der Waals surface area contributed by atoms with E-state index in [9.17, 15) is 10.1 Å². The average molecular weight is 224 g/mol. The maximum atomic E-state index is 10.7. The smallest absolute Gasteiger partial charge is 0.312 e. The van der Waals surface area contributed by atoms with E-state index in [1.165, 1.54) is 13.2 Å².